The van der Waals surface area contributed by atoms with E-state index in [2.05, 4.69) is 10.8 Å². The van der Waals surface area contributed by atoms with E-state index in [0.717, 1.165) is 0 Å². The summed E-state index contributed by atoms with van der Waals surface area (Å²) in [4.78, 5) is 26.4. The number of amides is 2. The van der Waals surface area contributed by atoms with Gasteiger partial charge in [0.15, 0.2) is 0 Å². The van der Waals surface area contributed by atoms with Gasteiger partial charge in [0.1, 0.15) is 12.6 Å². The molecule has 0 spiro atoms. The fourth-order valence-electron chi connectivity index (χ4n) is 0.749. The maximum Gasteiger partial charge on any atom is 0.245 e. The molecule has 88 valence electrons. The molecular formula is C9H19N3O3. The number of rotatable bonds is 7. The third-order valence-corrected chi connectivity index (χ3v) is 1.55. The molecule has 0 bridgehead atoms. The molecule has 4 N–H and O–H groups in total. The number of nitrogens with one attached hydrogen (secondary N) is 2. The van der Waals surface area contributed by atoms with Crippen LogP contribution in [0.25, 0.3) is 0 Å². The Balaban J connectivity index is 3.64. The summed E-state index contributed by atoms with van der Waals surface area (Å²) in [7, 11) is 0. The third-order valence-electron chi connectivity index (χ3n) is 1.55. The molecule has 0 radical (unpaired) electrons. The van der Waals surface area contributed by atoms with Crippen LogP contribution in [0.4, 0.5) is 0 Å². The molecule has 0 aliphatic carbocycles. The quantitative estimate of drug-likeness (QED) is 0.484. The summed E-state index contributed by atoms with van der Waals surface area (Å²) in [5.74, 6) is -0.363. The molecule has 0 fully saturated rings. The van der Waals surface area contributed by atoms with Crippen molar-refractivity contribution in [3.05, 3.63) is 0 Å². The van der Waals surface area contributed by atoms with Crippen LogP contribution in [0.15, 0.2) is 0 Å². The molecule has 6 nitrogen and oxygen atoms in total. The molecule has 6 heteroatoms. The summed E-state index contributed by atoms with van der Waals surface area (Å²) >= 11 is 0. The van der Waals surface area contributed by atoms with Crippen molar-refractivity contribution < 1.29 is 14.4 Å². The first-order chi connectivity index (χ1) is 6.93. The Bertz CT molecular complexity index is 219. The highest BCUT2D eigenvalue weighted by Crippen LogP contribution is 1.89. The average molecular weight is 217 g/mol. The molecule has 0 aromatic heterocycles. The molecule has 0 aliphatic rings. The largest absolute Gasteiger partial charge is 0.368 e. The normalized spacial score (nSPS) is 12.5. The third kappa shape index (κ3) is 7.90. The summed E-state index contributed by atoms with van der Waals surface area (Å²) in [5.41, 5.74) is 7.27. The zero-order chi connectivity index (χ0) is 11.8. The number of hydrogen-bond acceptors (Lipinski definition) is 4. The Morgan fingerprint density at radius 2 is 1.93 bits per heavy atom. The second-order valence-corrected chi connectivity index (χ2v) is 3.73. The van der Waals surface area contributed by atoms with Gasteiger partial charge in [0, 0.05) is 6.54 Å². The molecule has 2 amide bonds. The lowest BCUT2D eigenvalue weighted by Crippen LogP contribution is -2.44. The molecular weight excluding hydrogens is 198 g/mol. The van der Waals surface area contributed by atoms with Crippen LogP contribution in [0.1, 0.15) is 20.8 Å². The van der Waals surface area contributed by atoms with Crippen LogP contribution in [0.5, 0.6) is 0 Å². The number of nitrogens with two attached hydrogens (primary N) is 1. The van der Waals surface area contributed by atoms with Crippen LogP contribution in [0.3, 0.4) is 0 Å². The van der Waals surface area contributed by atoms with E-state index in [9.17, 15) is 9.59 Å². The van der Waals surface area contributed by atoms with Crippen molar-refractivity contribution in [2.45, 2.75) is 26.8 Å². The molecule has 0 aliphatic heterocycles. The van der Waals surface area contributed by atoms with E-state index in [-0.39, 0.29) is 12.5 Å². The van der Waals surface area contributed by atoms with Gasteiger partial charge in [0.05, 0.1) is 0 Å². The molecule has 0 saturated carbocycles. The van der Waals surface area contributed by atoms with Gasteiger partial charge in [-0.2, -0.15) is 5.48 Å². The van der Waals surface area contributed by atoms with Gasteiger partial charge in [0.2, 0.25) is 11.8 Å². The number of hydrogen-bond donors (Lipinski definition) is 3. The molecule has 0 saturated heterocycles. The van der Waals surface area contributed by atoms with Crippen molar-refractivity contribution in [2.24, 2.45) is 11.7 Å². The zero-order valence-corrected chi connectivity index (χ0v) is 9.37. The summed E-state index contributed by atoms with van der Waals surface area (Å²) in [6.07, 6.45) is 0. The van der Waals surface area contributed by atoms with Crippen LogP contribution in [-0.4, -0.2) is 31.0 Å². The van der Waals surface area contributed by atoms with E-state index in [4.69, 9.17) is 10.6 Å². The topological polar surface area (TPSA) is 93.4 Å². The van der Waals surface area contributed by atoms with Crippen molar-refractivity contribution in [3.63, 3.8) is 0 Å². The van der Waals surface area contributed by atoms with Gasteiger partial charge < -0.3 is 11.1 Å². The van der Waals surface area contributed by atoms with Gasteiger partial charge in [-0.25, -0.2) is 0 Å². The van der Waals surface area contributed by atoms with E-state index in [1.54, 1.807) is 6.92 Å². The van der Waals surface area contributed by atoms with Crippen molar-refractivity contribution >= 4 is 11.8 Å². The van der Waals surface area contributed by atoms with Crippen LogP contribution < -0.4 is 16.5 Å². The monoisotopic (exact) mass is 217 g/mol. The molecule has 0 aromatic carbocycles. The van der Waals surface area contributed by atoms with Crippen molar-refractivity contribution in [1.82, 2.24) is 10.8 Å². The van der Waals surface area contributed by atoms with Crippen LogP contribution in [-0.2, 0) is 14.4 Å². The highest BCUT2D eigenvalue weighted by atomic mass is 16.6. The van der Waals surface area contributed by atoms with Gasteiger partial charge in [-0.1, -0.05) is 13.8 Å². The summed E-state index contributed by atoms with van der Waals surface area (Å²) in [6.45, 7) is 6.00. The van der Waals surface area contributed by atoms with E-state index >= 15 is 0 Å². The second-order valence-electron chi connectivity index (χ2n) is 3.73. The predicted octanol–water partition coefficient (Wildman–Crippen LogP) is -0.846. The number of hydroxylamine groups is 1. The second kappa shape index (κ2) is 7.19. The van der Waals surface area contributed by atoms with Crippen LogP contribution in [0, 0.1) is 5.92 Å². The molecule has 1 atom stereocenters. The van der Waals surface area contributed by atoms with E-state index in [1.165, 1.54) is 0 Å². The summed E-state index contributed by atoms with van der Waals surface area (Å²) in [6, 6.07) is -0.511. The lowest BCUT2D eigenvalue weighted by molar-refractivity contribution is -0.132. The first-order valence-corrected chi connectivity index (χ1v) is 4.86. The number of carbonyl (C=O) groups is 2. The highest BCUT2D eigenvalue weighted by Gasteiger charge is 2.12. The lowest BCUT2D eigenvalue weighted by Gasteiger charge is -2.14. The molecule has 0 heterocycles. The number of carbonyl (C=O) groups excluding carboxylic acids is 2. The Hall–Kier alpha value is -1.14. The van der Waals surface area contributed by atoms with Gasteiger partial charge in [0.25, 0.3) is 0 Å². The van der Waals surface area contributed by atoms with Gasteiger partial charge in [-0.05, 0) is 12.8 Å². The summed E-state index contributed by atoms with van der Waals surface area (Å²) < 4.78 is 0. The number of primary amides is 1. The Labute approximate surface area is 89.5 Å². The Morgan fingerprint density at radius 1 is 1.33 bits per heavy atom. The average Bonchev–Trinajstić information content (AvgIpc) is 2.13. The van der Waals surface area contributed by atoms with E-state index in [1.807, 2.05) is 13.8 Å². The smallest absolute Gasteiger partial charge is 0.245 e. The van der Waals surface area contributed by atoms with Gasteiger partial charge in [-0.3, -0.25) is 14.4 Å². The van der Waals surface area contributed by atoms with E-state index in [0.29, 0.717) is 12.5 Å². The fraction of sp³-hybridized carbons (Fsp3) is 0.778. The SMILES string of the molecule is CC(C)CNC(=O)C(C)NOCC(N)=O. The van der Waals surface area contributed by atoms with Gasteiger partial charge in [-0.15, -0.1) is 0 Å². The van der Waals surface area contributed by atoms with Gasteiger partial charge >= 0.3 is 0 Å². The minimum Gasteiger partial charge on any atom is -0.368 e. The fourth-order valence-corrected chi connectivity index (χ4v) is 0.749. The Kier molecular flexibility index (Phi) is 6.64. The first kappa shape index (κ1) is 13.9. The van der Waals surface area contributed by atoms with Crippen LogP contribution in [0.2, 0.25) is 0 Å². The standard InChI is InChI=1S/C9H19N3O3/c1-6(2)4-11-9(14)7(3)12-15-5-8(10)13/h6-7,12H,4-5H2,1-3H3,(H2,10,13)(H,11,14). The van der Waals surface area contributed by atoms with Crippen molar-refractivity contribution in [2.75, 3.05) is 13.2 Å². The van der Waals surface area contributed by atoms with Crippen molar-refractivity contribution in [1.29, 1.82) is 0 Å². The molecule has 0 aromatic rings. The van der Waals surface area contributed by atoms with Crippen LogP contribution >= 0.6 is 0 Å². The minimum absolute atomic E-state index is 0.173. The van der Waals surface area contributed by atoms with E-state index < -0.39 is 11.9 Å². The van der Waals surface area contributed by atoms with Crippen molar-refractivity contribution in [3.8, 4) is 0 Å². The first-order valence-electron chi connectivity index (χ1n) is 4.86. The molecule has 1 unspecified atom stereocenters. The maximum absolute atomic E-state index is 11.4. The zero-order valence-electron chi connectivity index (χ0n) is 9.37. The molecule has 0 rings (SSSR count). The lowest BCUT2D eigenvalue weighted by atomic mass is 10.2. The highest BCUT2D eigenvalue weighted by molar-refractivity contribution is 5.81. The minimum atomic E-state index is -0.586. The summed E-state index contributed by atoms with van der Waals surface area (Å²) in [5, 5.41) is 2.72. The predicted molar refractivity (Wildman–Crippen MR) is 55.6 cm³/mol. The maximum atomic E-state index is 11.4. The Morgan fingerprint density at radius 3 is 2.40 bits per heavy atom. The molecule has 15 heavy (non-hydrogen) atoms.